The summed E-state index contributed by atoms with van der Waals surface area (Å²) in [6.07, 6.45) is 1.59. The summed E-state index contributed by atoms with van der Waals surface area (Å²) in [5.74, 6) is 2.69. The van der Waals surface area contributed by atoms with Crippen LogP contribution in [-0.2, 0) is 10.3 Å². The maximum absolute atomic E-state index is 11.0. The molecule has 2 aliphatic heterocycles. The van der Waals surface area contributed by atoms with Crippen LogP contribution in [0.5, 0.6) is 0 Å². The zero-order valence-corrected chi connectivity index (χ0v) is 12.9. The second-order valence-corrected chi connectivity index (χ2v) is 7.40. The van der Waals surface area contributed by atoms with Gasteiger partial charge in [-0.2, -0.15) is 11.8 Å². The van der Waals surface area contributed by atoms with E-state index < -0.39 is 5.60 Å². The van der Waals surface area contributed by atoms with Gasteiger partial charge in [0.15, 0.2) is 0 Å². The van der Waals surface area contributed by atoms with Crippen LogP contribution in [0.4, 0.5) is 0 Å². The number of aliphatic hydroxyl groups is 1. The first kappa shape index (κ1) is 14.0. The van der Waals surface area contributed by atoms with E-state index in [0.29, 0.717) is 12.4 Å². The second-order valence-electron chi connectivity index (χ2n) is 6.17. The maximum Gasteiger partial charge on any atom is 0.217 e. The molecule has 1 saturated heterocycles. The number of rotatable bonds is 2. The van der Waals surface area contributed by atoms with E-state index in [0.717, 1.165) is 35.5 Å². The Morgan fingerprint density at radius 2 is 1.90 bits per heavy atom. The predicted molar refractivity (Wildman–Crippen MR) is 83.5 cm³/mol. The second kappa shape index (κ2) is 5.08. The molecule has 0 aromatic heterocycles. The smallest absolute Gasteiger partial charge is 0.217 e. The molecule has 2 heterocycles. The van der Waals surface area contributed by atoms with Gasteiger partial charge in [-0.3, -0.25) is 0 Å². The molecule has 3 rings (SSSR count). The fourth-order valence-corrected chi connectivity index (χ4v) is 3.95. The molecule has 2 aliphatic rings. The van der Waals surface area contributed by atoms with Crippen molar-refractivity contribution >= 4 is 17.7 Å². The lowest BCUT2D eigenvalue weighted by Crippen LogP contribution is -2.33. The number of ether oxygens (including phenoxy) is 1. The van der Waals surface area contributed by atoms with Crippen molar-refractivity contribution in [3.63, 3.8) is 0 Å². The van der Waals surface area contributed by atoms with Gasteiger partial charge in [-0.1, -0.05) is 18.2 Å². The van der Waals surface area contributed by atoms with Crippen molar-refractivity contribution in [2.45, 2.75) is 37.9 Å². The van der Waals surface area contributed by atoms with E-state index >= 15 is 0 Å². The minimum Gasteiger partial charge on any atom is -0.469 e. The molecule has 20 heavy (non-hydrogen) atoms. The number of aliphatic imine (C=N–C) groups is 1. The Bertz CT molecular complexity index is 533. The van der Waals surface area contributed by atoms with Crippen LogP contribution in [0.2, 0.25) is 0 Å². The monoisotopic (exact) mass is 291 g/mol. The summed E-state index contributed by atoms with van der Waals surface area (Å²) < 4.78 is 5.94. The zero-order valence-electron chi connectivity index (χ0n) is 12.1. The molecule has 1 fully saturated rings. The topological polar surface area (TPSA) is 41.8 Å². The highest BCUT2D eigenvalue weighted by molar-refractivity contribution is 7.99. The number of thioether (sulfide) groups is 1. The molecule has 0 amide bonds. The molecule has 108 valence electrons. The Morgan fingerprint density at radius 3 is 2.55 bits per heavy atom. The van der Waals surface area contributed by atoms with E-state index in [-0.39, 0.29) is 5.60 Å². The van der Waals surface area contributed by atoms with Gasteiger partial charge in [0.1, 0.15) is 5.60 Å². The van der Waals surface area contributed by atoms with Crippen LogP contribution >= 0.6 is 11.8 Å². The number of benzene rings is 1. The molecule has 0 atom stereocenters. The van der Waals surface area contributed by atoms with Crippen molar-refractivity contribution < 1.29 is 9.84 Å². The standard InChI is InChI=1S/C16H21NO2S/c1-15(2)11-17-14(19-15)12-5-3-4-6-13(12)16(18)7-9-20-10-8-16/h3-6,18H,7-11H2,1-2H3. The lowest BCUT2D eigenvalue weighted by molar-refractivity contribution is 0.0274. The van der Waals surface area contributed by atoms with Gasteiger partial charge >= 0.3 is 0 Å². The minimum absolute atomic E-state index is 0.243. The van der Waals surface area contributed by atoms with Crippen molar-refractivity contribution in [2.24, 2.45) is 4.99 Å². The zero-order chi connectivity index (χ0) is 14.2. The molecule has 1 aromatic rings. The fourth-order valence-electron chi connectivity index (χ4n) is 2.78. The molecule has 0 aliphatic carbocycles. The minimum atomic E-state index is -0.736. The van der Waals surface area contributed by atoms with E-state index in [4.69, 9.17) is 4.74 Å². The van der Waals surface area contributed by atoms with Crippen molar-refractivity contribution in [1.29, 1.82) is 0 Å². The molecule has 0 saturated carbocycles. The van der Waals surface area contributed by atoms with Crippen LogP contribution in [-0.4, -0.2) is 34.7 Å². The van der Waals surface area contributed by atoms with E-state index in [1.54, 1.807) is 0 Å². The average Bonchev–Trinajstić information content (AvgIpc) is 2.80. The molecule has 0 spiro atoms. The third-order valence-corrected chi connectivity index (χ3v) is 4.94. The Morgan fingerprint density at radius 1 is 1.20 bits per heavy atom. The highest BCUT2D eigenvalue weighted by Crippen LogP contribution is 2.38. The Labute approximate surface area is 124 Å². The third-order valence-electron chi connectivity index (χ3n) is 3.96. The molecule has 0 radical (unpaired) electrons. The highest BCUT2D eigenvalue weighted by Gasteiger charge is 2.36. The molecule has 3 nitrogen and oxygen atoms in total. The number of hydrogen-bond donors (Lipinski definition) is 1. The molecular weight excluding hydrogens is 270 g/mol. The van der Waals surface area contributed by atoms with Crippen LogP contribution in [0.3, 0.4) is 0 Å². The molecular formula is C16H21NO2S. The van der Waals surface area contributed by atoms with Gasteiger partial charge in [0.05, 0.1) is 12.1 Å². The van der Waals surface area contributed by atoms with Gasteiger partial charge in [0.2, 0.25) is 5.90 Å². The maximum atomic E-state index is 11.0. The van der Waals surface area contributed by atoms with Crippen LogP contribution in [0.1, 0.15) is 37.8 Å². The van der Waals surface area contributed by atoms with Crippen molar-refractivity contribution in [3.8, 4) is 0 Å². The Hall–Kier alpha value is -1.00. The van der Waals surface area contributed by atoms with Gasteiger partial charge in [-0.05, 0) is 49.8 Å². The van der Waals surface area contributed by atoms with Crippen LogP contribution in [0.15, 0.2) is 29.3 Å². The Kier molecular flexibility index (Phi) is 3.55. The van der Waals surface area contributed by atoms with E-state index in [1.165, 1.54) is 0 Å². The summed E-state index contributed by atoms with van der Waals surface area (Å²) in [5.41, 5.74) is 0.942. The fraction of sp³-hybridized carbons (Fsp3) is 0.562. The quantitative estimate of drug-likeness (QED) is 0.911. The summed E-state index contributed by atoms with van der Waals surface area (Å²) in [5, 5.41) is 11.0. The number of hydrogen-bond acceptors (Lipinski definition) is 4. The van der Waals surface area contributed by atoms with Crippen molar-refractivity contribution in [1.82, 2.24) is 0 Å². The van der Waals surface area contributed by atoms with Gasteiger partial charge in [-0.25, -0.2) is 4.99 Å². The molecule has 0 unspecified atom stereocenters. The molecule has 4 heteroatoms. The van der Waals surface area contributed by atoms with E-state index in [9.17, 15) is 5.11 Å². The SMILES string of the molecule is CC1(C)CN=C(c2ccccc2C2(O)CCSCC2)O1. The predicted octanol–water partition coefficient (Wildman–Crippen LogP) is 2.96. The first-order chi connectivity index (χ1) is 9.50. The van der Waals surface area contributed by atoms with Crippen molar-refractivity contribution in [3.05, 3.63) is 35.4 Å². The van der Waals surface area contributed by atoms with E-state index in [1.807, 2.05) is 49.9 Å². The van der Waals surface area contributed by atoms with Gasteiger partial charge in [-0.15, -0.1) is 0 Å². The normalized spacial score (nSPS) is 24.1. The lowest BCUT2D eigenvalue weighted by atomic mass is 9.85. The first-order valence-electron chi connectivity index (χ1n) is 7.14. The van der Waals surface area contributed by atoms with Crippen molar-refractivity contribution in [2.75, 3.05) is 18.1 Å². The molecule has 1 N–H and O–H groups in total. The summed E-state index contributed by atoms with van der Waals surface area (Å²) >= 11 is 1.91. The largest absolute Gasteiger partial charge is 0.469 e. The summed E-state index contributed by atoms with van der Waals surface area (Å²) in [6.45, 7) is 4.75. The summed E-state index contributed by atoms with van der Waals surface area (Å²) in [4.78, 5) is 4.52. The Balaban J connectivity index is 1.97. The molecule has 0 bridgehead atoms. The first-order valence-corrected chi connectivity index (χ1v) is 8.29. The summed E-state index contributed by atoms with van der Waals surface area (Å²) in [7, 11) is 0. The van der Waals surface area contributed by atoms with Gasteiger partial charge in [0.25, 0.3) is 0 Å². The van der Waals surface area contributed by atoms with Gasteiger partial charge in [0, 0.05) is 5.56 Å². The van der Waals surface area contributed by atoms with Gasteiger partial charge < -0.3 is 9.84 Å². The van der Waals surface area contributed by atoms with Crippen LogP contribution in [0.25, 0.3) is 0 Å². The number of nitrogens with zero attached hydrogens (tertiary/aromatic N) is 1. The lowest BCUT2D eigenvalue weighted by Gasteiger charge is -2.33. The summed E-state index contributed by atoms with van der Waals surface area (Å²) in [6, 6.07) is 7.99. The third kappa shape index (κ3) is 2.59. The molecule has 1 aromatic carbocycles. The van der Waals surface area contributed by atoms with E-state index in [2.05, 4.69) is 4.99 Å². The van der Waals surface area contributed by atoms with Crippen LogP contribution in [0, 0.1) is 0 Å². The average molecular weight is 291 g/mol. The highest BCUT2D eigenvalue weighted by atomic mass is 32.2. The van der Waals surface area contributed by atoms with Crippen LogP contribution < -0.4 is 0 Å².